The van der Waals surface area contributed by atoms with Crippen LogP contribution in [0.4, 0.5) is 5.95 Å². The van der Waals surface area contributed by atoms with Crippen LogP contribution in [0.1, 0.15) is 5.56 Å². The van der Waals surface area contributed by atoms with E-state index in [1.54, 1.807) is 17.0 Å². The molecule has 0 atom stereocenters. The third-order valence-corrected chi connectivity index (χ3v) is 3.47. The SMILES string of the molecule is Cn1ccnc1NC(=O)CN1CCOc2ccccc2C1. The molecule has 0 spiro atoms. The summed E-state index contributed by atoms with van der Waals surface area (Å²) in [4.78, 5) is 18.3. The Labute approximate surface area is 123 Å². The van der Waals surface area contributed by atoms with Crippen molar-refractivity contribution in [2.24, 2.45) is 7.05 Å². The molecule has 3 rings (SSSR count). The molecule has 1 aliphatic heterocycles. The van der Waals surface area contributed by atoms with Crippen molar-refractivity contribution < 1.29 is 9.53 Å². The molecule has 2 aromatic rings. The summed E-state index contributed by atoms with van der Waals surface area (Å²) in [7, 11) is 1.85. The van der Waals surface area contributed by atoms with Crippen LogP contribution in [0.2, 0.25) is 0 Å². The zero-order valence-electron chi connectivity index (χ0n) is 12.0. The van der Waals surface area contributed by atoms with Gasteiger partial charge in [0.2, 0.25) is 11.9 Å². The number of carbonyl (C=O) groups excluding carboxylic acids is 1. The quantitative estimate of drug-likeness (QED) is 0.922. The normalized spacial score (nSPS) is 14.9. The number of carbonyl (C=O) groups is 1. The minimum Gasteiger partial charge on any atom is -0.492 e. The summed E-state index contributed by atoms with van der Waals surface area (Å²) in [5, 5.41) is 2.81. The van der Waals surface area contributed by atoms with Crippen LogP contribution in [0.5, 0.6) is 5.75 Å². The van der Waals surface area contributed by atoms with Gasteiger partial charge in [0.15, 0.2) is 0 Å². The maximum atomic E-state index is 12.1. The summed E-state index contributed by atoms with van der Waals surface area (Å²) in [6, 6.07) is 7.94. The summed E-state index contributed by atoms with van der Waals surface area (Å²) in [6.45, 7) is 2.35. The number of ether oxygens (including phenoxy) is 1. The van der Waals surface area contributed by atoms with Crippen molar-refractivity contribution in [2.45, 2.75) is 6.54 Å². The van der Waals surface area contributed by atoms with Gasteiger partial charge in [-0.15, -0.1) is 0 Å². The maximum Gasteiger partial charge on any atom is 0.240 e. The Balaban J connectivity index is 1.63. The number of nitrogens with zero attached hydrogens (tertiary/aromatic N) is 3. The van der Waals surface area contributed by atoms with E-state index in [2.05, 4.69) is 15.2 Å². The number of para-hydroxylation sites is 1. The van der Waals surface area contributed by atoms with Gasteiger partial charge in [0.05, 0.1) is 6.54 Å². The largest absolute Gasteiger partial charge is 0.492 e. The second-order valence-electron chi connectivity index (χ2n) is 5.08. The highest BCUT2D eigenvalue weighted by Gasteiger charge is 2.17. The van der Waals surface area contributed by atoms with Gasteiger partial charge in [0.25, 0.3) is 0 Å². The zero-order chi connectivity index (χ0) is 14.7. The molecular weight excluding hydrogens is 268 g/mol. The Bertz CT molecular complexity index is 638. The first-order valence-corrected chi connectivity index (χ1v) is 6.92. The third kappa shape index (κ3) is 3.22. The second kappa shape index (κ2) is 5.97. The predicted molar refractivity (Wildman–Crippen MR) is 79.1 cm³/mol. The summed E-state index contributed by atoms with van der Waals surface area (Å²) in [5.41, 5.74) is 1.11. The molecular formula is C15H18N4O2. The molecule has 1 N–H and O–H groups in total. The molecule has 1 aliphatic rings. The van der Waals surface area contributed by atoms with E-state index >= 15 is 0 Å². The summed E-state index contributed by atoms with van der Waals surface area (Å²) in [6.07, 6.45) is 3.46. The minimum atomic E-state index is -0.0660. The van der Waals surface area contributed by atoms with Crippen molar-refractivity contribution in [3.63, 3.8) is 0 Å². The first-order valence-electron chi connectivity index (χ1n) is 6.92. The van der Waals surface area contributed by atoms with Gasteiger partial charge in [0.1, 0.15) is 12.4 Å². The van der Waals surface area contributed by atoms with Crippen LogP contribution in [0.25, 0.3) is 0 Å². The van der Waals surface area contributed by atoms with Gasteiger partial charge in [-0.25, -0.2) is 4.98 Å². The first kappa shape index (κ1) is 13.6. The molecule has 0 aliphatic carbocycles. The van der Waals surface area contributed by atoms with E-state index < -0.39 is 0 Å². The number of aromatic nitrogens is 2. The van der Waals surface area contributed by atoms with E-state index in [9.17, 15) is 4.79 Å². The number of nitrogens with one attached hydrogen (secondary N) is 1. The van der Waals surface area contributed by atoms with Crippen molar-refractivity contribution in [1.29, 1.82) is 0 Å². The lowest BCUT2D eigenvalue weighted by molar-refractivity contribution is -0.117. The fourth-order valence-electron chi connectivity index (χ4n) is 2.37. The highest BCUT2D eigenvalue weighted by Crippen LogP contribution is 2.22. The van der Waals surface area contributed by atoms with Gasteiger partial charge in [-0.1, -0.05) is 18.2 Å². The van der Waals surface area contributed by atoms with E-state index in [-0.39, 0.29) is 5.91 Å². The first-order chi connectivity index (χ1) is 10.2. The molecule has 6 nitrogen and oxygen atoms in total. The number of amides is 1. The van der Waals surface area contributed by atoms with Gasteiger partial charge in [-0.05, 0) is 6.07 Å². The second-order valence-corrected chi connectivity index (χ2v) is 5.08. The van der Waals surface area contributed by atoms with Crippen molar-refractivity contribution >= 4 is 11.9 Å². The van der Waals surface area contributed by atoms with E-state index in [0.29, 0.717) is 25.6 Å². The van der Waals surface area contributed by atoms with Crippen LogP contribution in [0.15, 0.2) is 36.7 Å². The summed E-state index contributed by atoms with van der Waals surface area (Å²) < 4.78 is 7.47. The lowest BCUT2D eigenvalue weighted by Crippen LogP contribution is -2.34. The monoisotopic (exact) mass is 286 g/mol. The molecule has 1 amide bonds. The predicted octanol–water partition coefficient (Wildman–Crippen LogP) is 1.25. The molecule has 0 fully saturated rings. The molecule has 21 heavy (non-hydrogen) atoms. The topological polar surface area (TPSA) is 59.4 Å². The van der Waals surface area contributed by atoms with Gasteiger partial charge in [-0.2, -0.15) is 0 Å². The number of imidazole rings is 1. The average Bonchev–Trinajstić information content (AvgIpc) is 2.75. The van der Waals surface area contributed by atoms with Crippen LogP contribution in [-0.4, -0.2) is 40.1 Å². The summed E-state index contributed by atoms with van der Waals surface area (Å²) in [5.74, 6) is 1.40. The molecule has 0 unspecified atom stereocenters. The maximum absolute atomic E-state index is 12.1. The van der Waals surface area contributed by atoms with Gasteiger partial charge >= 0.3 is 0 Å². The highest BCUT2D eigenvalue weighted by atomic mass is 16.5. The van der Waals surface area contributed by atoms with Gasteiger partial charge in [0, 0.05) is 38.1 Å². The van der Waals surface area contributed by atoms with E-state index in [1.165, 1.54) is 0 Å². The van der Waals surface area contributed by atoms with Crippen LogP contribution in [-0.2, 0) is 18.4 Å². The molecule has 1 aromatic heterocycles. The fraction of sp³-hybridized carbons (Fsp3) is 0.333. The van der Waals surface area contributed by atoms with E-state index in [0.717, 1.165) is 17.9 Å². The van der Waals surface area contributed by atoms with Crippen LogP contribution < -0.4 is 10.1 Å². The lowest BCUT2D eigenvalue weighted by Gasteiger charge is -2.18. The Morgan fingerprint density at radius 3 is 3.10 bits per heavy atom. The molecule has 6 heteroatoms. The third-order valence-electron chi connectivity index (χ3n) is 3.47. The molecule has 2 heterocycles. The van der Waals surface area contributed by atoms with Gasteiger partial charge < -0.3 is 9.30 Å². The number of rotatable bonds is 3. The minimum absolute atomic E-state index is 0.0660. The number of anilines is 1. The Hall–Kier alpha value is -2.34. The Kier molecular flexibility index (Phi) is 3.87. The number of aryl methyl sites for hydroxylation is 1. The number of hydrogen-bond acceptors (Lipinski definition) is 4. The number of fused-ring (bicyclic) bond motifs is 1. The number of benzene rings is 1. The molecule has 1 aromatic carbocycles. The molecule has 110 valence electrons. The molecule has 0 saturated carbocycles. The zero-order valence-corrected chi connectivity index (χ0v) is 12.0. The number of hydrogen-bond donors (Lipinski definition) is 1. The van der Waals surface area contributed by atoms with Crippen molar-refractivity contribution in [2.75, 3.05) is 25.0 Å². The fourth-order valence-corrected chi connectivity index (χ4v) is 2.37. The van der Waals surface area contributed by atoms with E-state index in [4.69, 9.17) is 4.74 Å². The smallest absolute Gasteiger partial charge is 0.240 e. The molecule has 0 saturated heterocycles. The van der Waals surface area contributed by atoms with Crippen LogP contribution >= 0.6 is 0 Å². The van der Waals surface area contributed by atoms with Crippen LogP contribution in [0, 0.1) is 0 Å². The standard InChI is InChI=1S/C15H18N4O2/c1-18-7-6-16-15(18)17-14(20)11-19-8-9-21-13-5-3-2-4-12(13)10-19/h2-7H,8-11H2,1H3,(H,16,17,20). The van der Waals surface area contributed by atoms with Crippen LogP contribution in [0.3, 0.4) is 0 Å². The Morgan fingerprint density at radius 2 is 2.29 bits per heavy atom. The highest BCUT2D eigenvalue weighted by molar-refractivity contribution is 5.90. The van der Waals surface area contributed by atoms with Crippen molar-refractivity contribution in [3.05, 3.63) is 42.2 Å². The Morgan fingerprint density at radius 1 is 1.43 bits per heavy atom. The molecule has 0 bridgehead atoms. The lowest BCUT2D eigenvalue weighted by atomic mass is 10.2. The average molecular weight is 286 g/mol. The molecule has 0 radical (unpaired) electrons. The van der Waals surface area contributed by atoms with Gasteiger partial charge in [-0.3, -0.25) is 15.0 Å². The van der Waals surface area contributed by atoms with Crippen molar-refractivity contribution in [1.82, 2.24) is 14.5 Å². The van der Waals surface area contributed by atoms with E-state index in [1.807, 2.05) is 31.3 Å². The summed E-state index contributed by atoms with van der Waals surface area (Å²) >= 11 is 0. The van der Waals surface area contributed by atoms with Crippen molar-refractivity contribution in [3.8, 4) is 5.75 Å².